The van der Waals surface area contributed by atoms with Crippen LogP contribution in [0, 0.1) is 0 Å². The molecule has 0 spiro atoms. The third kappa shape index (κ3) is 5.34. The Morgan fingerprint density at radius 2 is 1.73 bits per heavy atom. The van der Waals surface area contributed by atoms with E-state index in [4.69, 9.17) is 9.47 Å². The van der Waals surface area contributed by atoms with Gasteiger partial charge in [0.25, 0.3) is 5.91 Å². The minimum atomic E-state index is -0.465. The second kappa shape index (κ2) is 9.61. The fraction of sp³-hybridized carbons (Fsp3) is 0.333. The molecule has 0 saturated heterocycles. The van der Waals surface area contributed by atoms with Crippen LogP contribution in [0.4, 0.5) is 0 Å². The average Bonchev–Trinajstić information content (AvgIpc) is 2.66. The van der Waals surface area contributed by atoms with Crippen molar-refractivity contribution in [3.63, 3.8) is 0 Å². The van der Waals surface area contributed by atoms with Gasteiger partial charge in [0, 0.05) is 0 Å². The summed E-state index contributed by atoms with van der Waals surface area (Å²) in [7, 11) is 0. The van der Waals surface area contributed by atoms with E-state index in [0.29, 0.717) is 11.3 Å². The molecule has 2 aromatic rings. The predicted octanol–water partition coefficient (Wildman–Crippen LogP) is 3.68. The normalized spacial score (nSPS) is 11.5. The molecule has 2 aromatic carbocycles. The van der Waals surface area contributed by atoms with E-state index < -0.39 is 5.97 Å². The second-order valence-electron chi connectivity index (χ2n) is 5.89. The molecule has 0 fully saturated rings. The van der Waals surface area contributed by atoms with Crippen LogP contribution in [0.5, 0.6) is 5.75 Å². The first kappa shape index (κ1) is 19.5. The molecule has 138 valence electrons. The number of benzene rings is 2. The van der Waals surface area contributed by atoms with Gasteiger partial charge in [0.15, 0.2) is 6.61 Å². The first-order valence-corrected chi connectivity index (χ1v) is 8.82. The number of esters is 1. The minimum Gasteiger partial charge on any atom is -0.483 e. The van der Waals surface area contributed by atoms with Crippen LogP contribution in [-0.2, 0) is 16.0 Å². The van der Waals surface area contributed by atoms with Crippen molar-refractivity contribution < 1.29 is 19.1 Å². The Morgan fingerprint density at radius 3 is 2.38 bits per heavy atom. The minimum absolute atomic E-state index is 0.127. The monoisotopic (exact) mass is 355 g/mol. The third-order valence-corrected chi connectivity index (χ3v) is 4.01. The molecule has 1 amide bonds. The molecule has 0 aliphatic rings. The number of carbonyl (C=O) groups excluding carboxylic acids is 2. The number of amides is 1. The Bertz CT molecular complexity index is 740. The average molecular weight is 355 g/mol. The van der Waals surface area contributed by atoms with Crippen LogP contribution in [0.25, 0.3) is 0 Å². The summed E-state index contributed by atoms with van der Waals surface area (Å²) in [5, 5.41) is 2.90. The lowest BCUT2D eigenvalue weighted by molar-refractivity contribution is -0.123. The Balaban J connectivity index is 1.93. The summed E-state index contributed by atoms with van der Waals surface area (Å²) in [4.78, 5) is 24.1. The first-order chi connectivity index (χ1) is 12.5. The van der Waals surface area contributed by atoms with E-state index in [1.54, 1.807) is 31.2 Å². The van der Waals surface area contributed by atoms with E-state index in [1.165, 1.54) is 5.56 Å². The van der Waals surface area contributed by atoms with E-state index in [0.717, 1.165) is 12.0 Å². The predicted molar refractivity (Wildman–Crippen MR) is 100 cm³/mol. The van der Waals surface area contributed by atoms with Gasteiger partial charge in [-0.15, -0.1) is 0 Å². The fourth-order valence-corrected chi connectivity index (χ4v) is 2.52. The van der Waals surface area contributed by atoms with Crippen molar-refractivity contribution in [1.82, 2.24) is 5.32 Å². The maximum atomic E-state index is 12.2. The smallest absolute Gasteiger partial charge is 0.341 e. The van der Waals surface area contributed by atoms with Crippen LogP contribution in [-0.4, -0.2) is 25.1 Å². The summed E-state index contributed by atoms with van der Waals surface area (Å²) in [6.45, 7) is 5.87. The van der Waals surface area contributed by atoms with E-state index in [2.05, 4.69) is 24.4 Å². The summed E-state index contributed by atoms with van der Waals surface area (Å²) >= 11 is 0. The molecular weight excluding hydrogens is 330 g/mol. The van der Waals surface area contributed by atoms with Crippen molar-refractivity contribution in [2.75, 3.05) is 13.2 Å². The Morgan fingerprint density at radius 1 is 1.04 bits per heavy atom. The van der Waals surface area contributed by atoms with Crippen molar-refractivity contribution >= 4 is 11.9 Å². The van der Waals surface area contributed by atoms with Gasteiger partial charge in [-0.1, -0.05) is 43.3 Å². The van der Waals surface area contributed by atoms with Gasteiger partial charge >= 0.3 is 5.97 Å². The van der Waals surface area contributed by atoms with Crippen LogP contribution in [0.2, 0.25) is 0 Å². The van der Waals surface area contributed by atoms with Gasteiger partial charge in [0.05, 0.1) is 12.6 Å². The van der Waals surface area contributed by atoms with Gasteiger partial charge in [-0.05, 0) is 43.5 Å². The number of hydrogen-bond acceptors (Lipinski definition) is 4. The summed E-state index contributed by atoms with van der Waals surface area (Å²) < 4.78 is 10.5. The highest BCUT2D eigenvalue weighted by atomic mass is 16.5. The van der Waals surface area contributed by atoms with Crippen molar-refractivity contribution in [2.24, 2.45) is 0 Å². The van der Waals surface area contributed by atoms with Crippen LogP contribution in [0.15, 0.2) is 48.5 Å². The second-order valence-corrected chi connectivity index (χ2v) is 5.89. The quantitative estimate of drug-likeness (QED) is 0.734. The van der Waals surface area contributed by atoms with Crippen LogP contribution < -0.4 is 10.1 Å². The SMILES string of the molecule is CCOC(=O)c1ccccc1OCC(=O)N[C@H](C)c1ccc(CC)cc1. The van der Waals surface area contributed by atoms with Crippen LogP contribution in [0.3, 0.4) is 0 Å². The molecule has 5 heteroatoms. The zero-order chi connectivity index (χ0) is 18.9. The highest BCUT2D eigenvalue weighted by Crippen LogP contribution is 2.19. The Hall–Kier alpha value is -2.82. The van der Waals surface area contributed by atoms with Crippen molar-refractivity contribution in [1.29, 1.82) is 0 Å². The molecule has 0 radical (unpaired) electrons. The number of para-hydroxylation sites is 1. The molecule has 0 aromatic heterocycles. The van der Waals surface area contributed by atoms with Crippen molar-refractivity contribution in [2.45, 2.75) is 33.2 Å². The topological polar surface area (TPSA) is 64.6 Å². The van der Waals surface area contributed by atoms with E-state index in [1.807, 2.05) is 19.1 Å². The van der Waals surface area contributed by atoms with Gasteiger partial charge in [-0.25, -0.2) is 4.79 Å². The lowest BCUT2D eigenvalue weighted by Crippen LogP contribution is -2.31. The molecule has 1 N–H and O–H groups in total. The molecule has 0 aliphatic heterocycles. The van der Waals surface area contributed by atoms with Gasteiger partial charge in [-0.2, -0.15) is 0 Å². The summed E-state index contributed by atoms with van der Waals surface area (Å²) in [5.41, 5.74) is 2.60. The molecule has 0 bridgehead atoms. The van der Waals surface area contributed by atoms with Gasteiger partial charge in [0.2, 0.25) is 0 Å². The maximum absolute atomic E-state index is 12.2. The highest BCUT2D eigenvalue weighted by molar-refractivity contribution is 5.92. The van der Waals surface area contributed by atoms with Gasteiger partial charge in [-0.3, -0.25) is 4.79 Å². The number of aryl methyl sites for hydroxylation is 1. The molecule has 2 rings (SSSR count). The van der Waals surface area contributed by atoms with Crippen LogP contribution >= 0.6 is 0 Å². The number of nitrogens with one attached hydrogen (secondary N) is 1. The Labute approximate surface area is 154 Å². The molecular formula is C21H25NO4. The maximum Gasteiger partial charge on any atom is 0.341 e. The number of carbonyl (C=O) groups is 2. The highest BCUT2D eigenvalue weighted by Gasteiger charge is 2.15. The lowest BCUT2D eigenvalue weighted by atomic mass is 10.1. The van der Waals surface area contributed by atoms with Gasteiger partial charge < -0.3 is 14.8 Å². The molecule has 0 aliphatic carbocycles. The molecule has 0 heterocycles. The Kier molecular flexibility index (Phi) is 7.21. The third-order valence-electron chi connectivity index (χ3n) is 4.01. The van der Waals surface area contributed by atoms with Crippen LogP contribution in [0.1, 0.15) is 48.3 Å². The zero-order valence-corrected chi connectivity index (χ0v) is 15.5. The van der Waals surface area contributed by atoms with Crippen molar-refractivity contribution in [3.05, 3.63) is 65.2 Å². The molecule has 0 unspecified atom stereocenters. The summed E-state index contributed by atoms with van der Waals surface area (Å²) in [5.74, 6) is -0.385. The molecule has 0 saturated carbocycles. The lowest BCUT2D eigenvalue weighted by Gasteiger charge is -2.16. The number of rotatable bonds is 8. The molecule has 26 heavy (non-hydrogen) atoms. The van der Waals surface area contributed by atoms with Gasteiger partial charge in [0.1, 0.15) is 11.3 Å². The fourth-order valence-electron chi connectivity index (χ4n) is 2.52. The first-order valence-electron chi connectivity index (χ1n) is 8.82. The van der Waals surface area contributed by atoms with Crippen molar-refractivity contribution in [3.8, 4) is 5.75 Å². The number of hydrogen-bond donors (Lipinski definition) is 1. The summed E-state index contributed by atoms with van der Waals surface area (Å²) in [6, 6.07) is 14.7. The van der Waals surface area contributed by atoms with E-state index in [9.17, 15) is 9.59 Å². The zero-order valence-electron chi connectivity index (χ0n) is 15.5. The largest absolute Gasteiger partial charge is 0.483 e. The molecule has 1 atom stereocenters. The summed E-state index contributed by atoms with van der Waals surface area (Å²) in [6.07, 6.45) is 0.981. The van der Waals surface area contributed by atoms with E-state index >= 15 is 0 Å². The van der Waals surface area contributed by atoms with E-state index in [-0.39, 0.29) is 25.2 Å². The molecule has 5 nitrogen and oxygen atoms in total. The number of ether oxygens (including phenoxy) is 2. The standard InChI is InChI=1S/C21H25NO4/c1-4-16-10-12-17(13-11-16)15(3)22-20(23)14-26-19-9-7-6-8-18(19)21(24)25-5-2/h6-13,15H,4-5,14H2,1-3H3,(H,22,23)/t15-/m1/s1.